The first-order valence-corrected chi connectivity index (χ1v) is 10.5. The fourth-order valence-corrected chi connectivity index (χ4v) is 3.84. The molecule has 28 heavy (non-hydrogen) atoms. The lowest BCUT2D eigenvalue weighted by Gasteiger charge is -2.17. The van der Waals surface area contributed by atoms with Crippen molar-refractivity contribution >= 4 is 28.6 Å². The Morgan fingerprint density at radius 3 is 2.57 bits per heavy atom. The summed E-state index contributed by atoms with van der Waals surface area (Å²) in [4.78, 5) is 32.0. The minimum Gasteiger partial charge on any atom is -0.345 e. The van der Waals surface area contributed by atoms with E-state index in [1.165, 1.54) is 11.8 Å². The Bertz CT molecular complexity index is 1030. The number of rotatable bonds is 7. The number of benzene rings is 2. The number of aryl methyl sites for hydroxylation is 1. The minimum absolute atomic E-state index is 0.0383. The van der Waals surface area contributed by atoms with Gasteiger partial charge in [-0.2, -0.15) is 0 Å². The molecule has 1 amide bonds. The van der Waals surface area contributed by atoms with Crippen molar-refractivity contribution in [1.29, 1.82) is 0 Å². The number of nitrogens with zero attached hydrogens (tertiary/aromatic N) is 3. The van der Waals surface area contributed by atoms with E-state index in [-0.39, 0.29) is 17.2 Å². The summed E-state index contributed by atoms with van der Waals surface area (Å²) in [6.45, 7) is 4.85. The summed E-state index contributed by atoms with van der Waals surface area (Å²) in [5.41, 5.74) is 2.39. The molecule has 0 bridgehead atoms. The summed E-state index contributed by atoms with van der Waals surface area (Å²) < 4.78 is 1.60. The van der Waals surface area contributed by atoms with E-state index >= 15 is 0 Å². The van der Waals surface area contributed by atoms with Crippen LogP contribution in [0, 0.1) is 6.92 Å². The number of carbonyl (C=O) groups excluding carboxylic acids is 1. The molecule has 0 atom stereocenters. The molecule has 3 rings (SSSR count). The Morgan fingerprint density at radius 2 is 1.86 bits per heavy atom. The predicted octanol–water partition coefficient (Wildman–Crippen LogP) is 4.04. The number of unbranched alkanes of at least 4 members (excludes halogenated alkanes) is 1. The lowest BCUT2D eigenvalue weighted by Crippen LogP contribution is -2.29. The summed E-state index contributed by atoms with van der Waals surface area (Å²) in [6, 6.07) is 15.1. The van der Waals surface area contributed by atoms with Gasteiger partial charge < -0.3 is 4.90 Å². The van der Waals surface area contributed by atoms with Gasteiger partial charge in [0.25, 0.3) is 5.56 Å². The Morgan fingerprint density at radius 1 is 1.14 bits per heavy atom. The maximum Gasteiger partial charge on any atom is 0.266 e. The zero-order valence-electron chi connectivity index (χ0n) is 16.5. The molecule has 0 radical (unpaired) electrons. The van der Waals surface area contributed by atoms with Crippen LogP contribution in [0.4, 0.5) is 0 Å². The van der Waals surface area contributed by atoms with Gasteiger partial charge in [-0.25, -0.2) is 4.98 Å². The number of aromatic nitrogens is 2. The van der Waals surface area contributed by atoms with E-state index in [1.807, 2.05) is 56.4 Å². The Labute approximate surface area is 169 Å². The van der Waals surface area contributed by atoms with Crippen LogP contribution in [0.5, 0.6) is 0 Å². The molecule has 2 aromatic carbocycles. The van der Waals surface area contributed by atoms with Gasteiger partial charge in [0, 0.05) is 13.6 Å². The summed E-state index contributed by atoms with van der Waals surface area (Å²) >= 11 is 1.31. The van der Waals surface area contributed by atoms with Crippen LogP contribution in [0.3, 0.4) is 0 Å². The van der Waals surface area contributed by atoms with E-state index < -0.39 is 0 Å². The first-order chi connectivity index (χ1) is 13.5. The van der Waals surface area contributed by atoms with E-state index in [0.29, 0.717) is 16.1 Å². The normalized spacial score (nSPS) is 11.0. The quantitative estimate of drug-likeness (QED) is 0.447. The van der Waals surface area contributed by atoms with E-state index in [4.69, 9.17) is 0 Å². The zero-order valence-corrected chi connectivity index (χ0v) is 17.3. The summed E-state index contributed by atoms with van der Waals surface area (Å²) in [7, 11) is 1.82. The van der Waals surface area contributed by atoms with Gasteiger partial charge in [0.1, 0.15) is 0 Å². The molecule has 0 aliphatic rings. The van der Waals surface area contributed by atoms with Crippen molar-refractivity contribution in [3.05, 3.63) is 64.4 Å². The van der Waals surface area contributed by atoms with E-state index in [9.17, 15) is 9.59 Å². The van der Waals surface area contributed by atoms with Gasteiger partial charge in [0.2, 0.25) is 5.91 Å². The Balaban J connectivity index is 1.98. The molecule has 3 aromatic rings. The molecule has 0 fully saturated rings. The molecule has 5 nitrogen and oxygen atoms in total. The summed E-state index contributed by atoms with van der Waals surface area (Å²) in [5.74, 6) is 0.285. The minimum atomic E-state index is -0.122. The number of carbonyl (C=O) groups is 1. The summed E-state index contributed by atoms with van der Waals surface area (Å²) in [5, 5.41) is 1.10. The highest BCUT2D eigenvalue weighted by Crippen LogP contribution is 2.22. The van der Waals surface area contributed by atoms with Gasteiger partial charge in [-0.05, 0) is 37.6 Å². The molecule has 6 heteroatoms. The van der Waals surface area contributed by atoms with Crippen molar-refractivity contribution in [1.82, 2.24) is 14.5 Å². The number of hydrogen-bond acceptors (Lipinski definition) is 4. The van der Waals surface area contributed by atoms with Crippen LogP contribution in [0.25, 0.3) is 16.6 Å². The smallest absolute Gasteiger partial charge is 0.266 e. The zero-order chi connectivity index (χ0) is 20.1. The van der Waals surface area contributed by atoms with Gasteiger partial charge in [0.05, 0.1) is 22.3 Å². The van der Waals surface area contributed by atoms with Crippen molar-refractivity contribution in [2.45, 2.75) is 31.8 Å². The molecular formula is C22H25N3O2S. The van der Waals surface area contributed by atoms with Crippen molar-refractivity contribution in [2.24, 2.45) is 0 Å². The van der Waals surface area contributed by atoms with Crippen molar-refractivity contribution in [3.63, 3.8) is 0 Å². The largest absolute Gasteiger partial charge is 0.345 e. The molecule has 1 heterocycles. The molecule has 0 aliphatic heterocycles. The number of hydrogen-bond donors (Lipinski definition) is 0. The van der Waals surface area contributed by atoms with Crippen molar-refractivity contribution in [2.75, 3.05) is 19.3 Å². The highest BCUT2D eigenvalue weighted by molar-refractivity contribution is 7.99. The van der Waals surface area contributed by atoms with E-state index in [0.717, 1.165) is 30.6 Å². The molecule has 0 saturated carbocycles. The standard InChI is InChI=1S/C22H25N3O2S/c1-4-5-14-24(3)20(26)15-28-22-23-19-9-7-6-8-18(19)21(27)25(22)17-12-10-16(2)11-13-17/h6-13H,4-5,14-15H2,1-3H3. The average Bonchev–Trinajstić information content (AvgIpc) is 2.71. The van der Waals surface area contributed by atoms with Gasteiger partial charge >= 0.3 is 0 Å². The van der Waals surface area contributed by atoms with Gasteiger partial charge in [-0.3, -0.25) is 14.2 Å². The third-order valence-corrected chi connectivity index (χ3v) is 5.56. The third kappa shape index (κ3) is 4.44. The molecule has 0 unspecified atom stereocenters. The molecule has 0 aliphatic carbocycles. The predicted molar refractivity (Wildman–Crippen MR) is 115 cm³/mol. The third-order valence-electron chi connectivity index (χ3n) is 4.63. The first kappa shape index (κ1) is 20.1. The maximum atomic E-state index is 13.2. The van der Waals surface area contributed by atoms with Crippen LogP contribution in [0.2, 0.25) is 0 Å². The van der Waals surface area contributed by atoms with Crippen LogP contribution in [0.15, 0.2) is 58.5 Å². The second-order valence-corrected chi connectivity index (χ2v) is 7.79. The van der Waals surface area contributed by atoms with Crippen LogP contribution in [-0.4, -0.2) is 39.7 Å². The molecule has 0 spiro atoms. The highest BCUT2D eigenvalue weighted by atomic mass is 32.2. The average molecular weight is 396 g/mol. The lowest BCUT2D eigenvalue weighted by molar-refractivity contribution is -0.127. The number of fused-ring (bicyclic) bond motifs is 1. The molecular weight excluding hydrogens is 370 g/mol. The van der Waals surface area contributed by atoms with Gasteiger partial charge in [0.15, 0.2) is 5.16 Å². The van der Waals surface area contributed by atoms with E-state index in [1.54, 1.807) is 15.5 Å². The maximum absolute atomic E-state index is 13.2. The summed E-state index contributed by atoms with van der Waals surface area (Å²) in [6.07, 6.45) is 2.03. The van der Waals surface area contributed by atoms with Gasteiger partial charge in [-0.1, -0.05) is 54.9 Å². The van der Waals surface area contributed by atoms with Crippen LogP contribution >= 0.6 is 11.8 Å². The molecule has 146 valence electrons. The lowest BCUT2D eigenvalue weighted by atomic mass is 10.2. The van der Waals surface area contributed by atoms with Crippen LogP contribution in [-0.2, 0) is 4.79 Å². The molecule has 1 aromatic heterocycles. The number of para-hydroxylation sites is 1. The van der Waals surface area contributed by atoms with Crippen LogP contribution in [0.1, 0.15) is 25.3 Å². The first-order valence-electron chi connectivity index (χ1n) is 9.47. The number of amides is 1. The topological polar surface area (TPSA) is 55.2 Å². The Hall–Kier alpha value is -2.60. The molecule has 0 saturated heterocycles. The van der Waals surface area contributed by atoms with Crippen LogP contribution < -0.4 is 5.56 Å². The van der Waals surface area contributed by atoms with Crippen molar-refractivity contribution in [3.8, 4) is 5.69 Å². The Kier molecular flexibility index (Phi) is 6.52. The van der Waals surface area contributed by atoms with Crippen molar-refractivity contribution < 1.29 is 4.79 Å². The SMILES string of the molecule is CCCCN(C)C(=O)CSc1nc2ccccc2c(=O)n1-c1ccc(C)cc1. The fourth-order valence-electron chi connectivity index (χ4n) is 2.89. The molecule has 0 N–H and O–H groups in total. The fraction of sp³-hybridized carbons (Fsp3) is 0.318. The monoisotopic (exact) mass is 395 g/mol. The number of thioether (sulfide) groups is 1. The van der Waals surface area contributed by atoms with Gasteiger partial charge in [-0.15, -0.1) is 0 Å². The highest BCUT2D eigenvalue weighted by Gasteiger charge is 2.16. The second kappa shape index (κ2) is 9.06. The van der Waals surface area contributed by atoms with E-state index in [2.05, 4.69) is 11.9 Å². The second-order valence-electron chi connectivity index (χ2n) is 6.85.